The van der Waals surface area contributed by atoms with Crippen LogP contribution in [0, 0.1) is 23.7 Å². The Hall–Kier alpha value is -5.12. The Morgan fingerprint density at radius 3 is 1.96 bits per heavy atom. The number of H-pyrrole nitrogens is 1. The summed E-state index contributed by atoms with van der Waals surface area (Å²) < 4.78 is 6.84. The maximum absolute atomic E-state index is 12.8. The Labute approximate surface area is 266 Å². The molecule has 6 rings (SSSR count). The summed E-state index contributed by atoms with van der Waals surface area (Å²) in [4.78, 5) is 27.7. The molecule has 0 saturated carbocycles. The van der Waals surface area contributed by atoms with Crippen LogP contribution >= 0.6 is 0 Å². The standard InChI is InChI=1S/C38H35N3O5/c1-3-26(4-2)39-27-17-13-24(14-18-27)15-19-32-28-9-5-7-11-30(28)33(31-12-8-6-10-29(31)32)20-16-25-22-41(38(45)40-37(25)44)36-21-34(43)35(23-42)46-36/h5-14,17-18,22,26,34-36,39,42-43H,3-4,21,23H2,1-2H3,(H,40,44,45)/t34-,35+,36+/m0/s1. The van der Waals surface area contributed by atoms with Crippen LogP contribution in [0.2, 0.25) is 0 Å². The first-order chi connectivity index (χ1) is 22.4. The van der Waals surface area contributed by atoms with Gasteiger partial charge in [-0.3, -0.25) is 14.3 Å². The maximum atomic E-state index is 12.8. The third kappa shape index (κ3) is 6.20. The van der Waals surface area contributed by atoms with Gasteiger partial charge >= 0.3 is 5.69 Å². The van der Waals surface area contributed by atoms with E-state index in [0.717, 1.165) is 56.8 Å². The van der Waals surface area contributed by atoms with Crippen LogP contribution in [0.1, 0.15) is 61.6 Å². The fourth-order valence-corrected chi connectivity index (χ4v) is 5.88. The molecule has 4 aromatic carbocycles. The monoisotopic (exact) mass is 613 g/mol. The summed E-state index contributed by atoms with van der Waals surface area (Å²) in [5.41, 5.74) is 2.38. The van der Waals surface area contributed by atoms with Crippen molar-refractivity contribution in [1.29, 1.82) is 0 Å². The largest absolute Gasteiger partial charge is 0.394 e. The van der Waals surface area contributed by atoms with Crippen LogP contribution in [0.15, 0.2) is 88.6 Å². The molecule has 8 heteroatoms. The molecule has 0 aliphatic carbocycles. The quantitative estimate of drug-likeness (QED) is 0.160. The molecule has 46 heavy (non-hydrogen) atoms. The number of anilines is 1. The van der Waals surface area contributed by atoms with Gasteiger partial charge < -0.3 is 20.3 Å². The van der Waals surface area contributed by atoms with Gasteiger partial charge in [-0.1, -0.05) is 86.1 Å². The fourth-order valence-electron chi connectivity index (χ4n) is 5.88. The van der Waals surface area contributed by atoms with Gasteiger partial charge in [0.1, 0.15) is 17.9 Å². The summed E-state index contributed by atoms with van der Waals surface area (Å²) in [6.45, 7) is 3.98. The molecule has 0 spiro atoms. The molecular weight excluding hydrogens is 578 g/mol. The van der Waals surface area contributed by atoms with E-state index in [0.29, 0.717) is 6.04 Å². The smallest absolute Gasteiger partial charge is 0.330 e. The molecule has 1 aromatic heterocycles. The highest BCUT2D eigenvalue weighted by Gasteiger charge is 2.35. The number of nitrogens with zero attached hydrogens (tertiary/aromatic N) is 1. The second-order valence-corrected chi connectivity index (χ2v) is 11.4. The summed E-state index contributed by atoms with van der Waals surface area (Å²) >= 11 is 0. The van der Waals surface area contributed by atoms with E-state index in [9.17, 15) is 19.8 Å². The summed E-state index contributed by atoms with van der Waals surface area (Å²) in [6.07, 6.45) is 0.990. The minimum Gasteiger partial charge on any atom is -0.394 e. The summed E-state index contributed by atoms with van der Waals surface area (Å²) in [7, 11) is 0. The maximum Gasteiger partial charge on any atom is 0.330 e. The van der Waals surface area contributed by atoms with Crippen molar-refractivity contribution in [3.63, 3.8) is 0 Å². The number of hydrogen-bond donors (Lipinski definition) is 4. The molecule has 1 fully saturated rings. The van der Waals surface area contributed by atoms with Crippen molar-refractivity contribution in [2.75, 3.05) is 11.9 Å². The van der Waals surface area contributed by atoms with Gasteiger partial charge in [0.05, 0.1) is 12.7 Å². The van der Waals surface area contributed by atoms with Crippen LogP contribution in [0.3, 0.4) is 0 Å². The Morgan fingerprint density at radius 2 is 1.43 bits per heavy atom. The summed E-state index contributed by atoms with van der Waals surface area (Å²) in [6, 6.07) is 24.5. The molecule has 1 aliphatic heterocycles. The molecule has 1 saturated heterocycles. The summed E-state index contributed by atoms with van der Waals surface area (Å²) in [5, 5.41) is 26.8. The number of fused-ring (bicyclic) bond motifs is 2. The van der Waals surface area contributed by atoms with Crippen molar-refractivity contribution in [2.45, 2.75) is 57.6 Å². The average molecular weight is 614 g/mol. The summed E-state index contributed by atoms with van der Waals surface area (Å²) in [5.74, 6) is 13.0. The van der Waals surface area contributed by atoms with Crippen LogP contribution in [0.4, 0.5) is 5.69 Å². The molecule has 0 bridgehead atoms. The van der Waals surface area contributed by atoms with Crippen molar-refractivity contribution in [3.8, 4) is 23.7 Å². The molecule has 8 nitrogen and oxygen atoms in total. The number of aromatic nitrogens is 2. The van der Waals surface area contributed by atoms with E-state index in [2.05, 4.69) is 60.0 Å². The van der Waals surface area contributed by atoms with Gasteiger partial charge in [0.2, 0.25) is 0 Å². The molecule has 2 heterocycles. The van der Waals surface area contributed by atoms with E-state index in [4.69, 9.17) is 4.74 Å². The first-order valence-electron chi connectivity index (χ1n) is 15.5. The molecule has 3 atom stereocenters. The van der Waals surface area contributed by atoms with E-state index >= 15 is 0 Å². The lowest BCUT2D eigenvalue weighted by molar-refractivity contribution is -0.0459. The first kappa shape index (κ1) is 30.9. The zero-order chi connectivity index (χ0) is 32.2. The number of aliphatic hydroxyl groups excluding tert-OH is 2. The van der Waals surface area contributed by atoms with Crippen LogP contribution in [-0.2, 0) is 4.74 Å². The number of aliphatic hydroxyl groups is 2. The highest BCUT2D eigenvalue weighted by Crippen LogP contribution is 2.32. The number of hydrogen-bond acceptors (Lipinski definition) is 6. The molecule has 0 radical (unpaired) electrons. The zero-order valence-electron chi connectivity index (χ0n) is 25.7. The topological polar surface area (TPSA) is 117 Å². The predicted molar refractivity (Wildman–Crippen MR) is 181 cm³/mol. The second kappa shape index (κ2) is 13.5. The number of ether oxygens (including phenoxy) is 1. The lowest BCUT2D eigenvalue weighted by Crippen LogP contribution is -2.33. The first-order valence-corrected chi connectivity index (χ1v) is 15.5. The van der Waals surface area contributed by atoms with Crippen molar-refractivity contribution in [2.24, 2.45) is 0 Å². The number of rotatable bonds is 6. The SMILES string of the molecule is CCC(CC)Nc1ccc(C#Cc2c3ccccc3c(C#Cc3cn([C@H]4C[C@H](O)[C@@H](CO)O4)c(=O)[nH]c3=O)c3ccccc23)cc1. The van der Waals surface area contributed by atoms with Crippen molar-refractivity contribution < 1.29 is 14.9 Å². The molecule has 0 unspecified atom stereocenters. The highest BCUT2D eigenvalue weighted by molar-refractivity contribution is 6.09. The van der Waals surface area contributed by atoms with Gasteiger partial charge in [-0.25, -0.2) is 4.79 Å². The van der Waals surface area contributed by atoms with Crippen molar-refractivity contribution in [3.05, 3.63) is 122 Å². The lowest BCUT2D eigenvalue weighted by atomic mass is 9.92. The van der Waals surface area contributed by atoms with E-state index in [1.165, 1.54) is 10.8 Å². The molecule has 232 valence electrons. The van der Waals surface area contributed by atoms with Gasteiger partial charge in [0, 0.05) is 41.0 Å². The van der Waals surface area contributed by atoms with Crippen molar-refractivity contribution >= 4 is 27.2 Å². The Bertz CT molecular complexity index is 2080. The Morgan fingerprint density at radius 1 is 0.870 bits per heavy atom. The fraction of sp³-hybridized carbons (Fsp3) is 0.263. The van der Waals surface area contributed by atoms with Crippen LogP contribution in [0.5, 0.6) is 0 Å². The molecule has 4 N–H and O–H groups in total. The van der Waals surface area contributed by atoms with Crippen LogP contribution in [-0.4, -0.2) is 44.6 Å². The minimum atomic E-state index is -0.932. The van der Waals surface area contributed by atoms with E-state index in [-0.39, 0.29) is 18.6 Å². The van der Waals surface area contributed by atoms with E-state index < -0.39 is 29.7 Å². The van der Waals surface area contributed by atoms with Gasteiger partial charge in [0.15, 0.2) is 0 Å². The van der Waals surface area contributed by atoms with Gasteiger partial charge in [-0.05, 0) is 58.7 Å². The van der Waals surface area contributed by atoms with Crippen LogP contribution < -0.4 is 16.6 Å². The molecule has 5 aromatic rings. The number of aromatic amines is 1. The van der Waals surface area contributed by atoms with Gasteiger partial charge in [0.25, 0.3) is 5.56 Å². The van der Waals surface area contributed by atoms with Gasteiger partial charge in [-0.15, -0.1) is 0 Å². The second-order valence-electron chi connectivity index (χ2n) is 11.4. The normalized spacial score (nSPS) is 17.5. The Balaban J connectivity index is 1.41. The predicted octanol–water partition coefficient (Wildman–Crippen LogP) is 4.88. The van der Waals surface area contributed by atoms with Crippen molar-refractivity contribution in [1.82, 2.24) is 9.55 Å². The van der Waals surface area contributed by atoms with Crippen LogP contribution in [0.25, 0.3) is 21.5 Å². The minimum absolute atomic E-state index is 0.0734. The number of nitrogens with one attached hydrogen (secondary N) is 2. The molecule has 1 aliphatic rings. The average Bonchev–Trinajstić information content (AvgIpc) is 3.46. The third-order valence-electron chi connectivity index (χ3n) is 8.49. The molecular formula is C38H35N3O5. The molecule has 0 amide bonds. The number of benzene rings is 4. The highest BCUT2D eigenvalue weighted by atomic mass is 16.5. The van der Waals surface area contributed by atoms with E-state index in [1.54, 1.807) is 0 Å². The van der Waals surface area contributed by atoms with E-state index in [1.807, 2.05) is 60.7 Å². The lowest BCUT2D eigenvalue weighted by Gasteiger charge is -2.16. The third-order valence-corrected chi connectivity index (χ3v) is 8.49. The zero-order valence-corrected chi connectivity index (χ0v) is 25.7. The Kier molecular flexibility index (Phi) is 9.05. The van der Waals surface area contributed by atoms with Gasteiger partial charge in [-0.2, -0.15) is 0 Å².